The van der Waals surface area contributed by atoms with E-state index in [1.165, 1.54) is 263 Å². The van der Waals surface area contributed by atoms with Crippen LogP contribution in [-0.4, -0.2) is 47.4 Å². The fourth-order valence-electron chi connectivity index (χ4n) is 9.28. The predicted octanol–water partition coefficient (Wildman–Crippen LogP) is 18.1. The van der Waals surface area contributed by atoms with Gasteiger partial charge < -0.3 is 20.3 Å². The number of rotatable bonds is 55. The summed E-state index contributed by atoms with van der Waals surface area (Å²) >= 11 is 0. The van der Waals surface area contributed by atoms with Crippen LogP contribution in [0, 0.1) is 0 Å². The third kappa shape index (κ3) is 51.8. The summed E-state index contributed by atoms with van der Waals surface area (Å²) in [5.41, 5.74) is 0. The first kappa shape index (κ1) is 63.6. The van der Waals surface area contributed by atoms with Crippen LogP contribution in [0.2, 0.25) is 0 Å². The molecule has 1 amide bonds. The van der Waals surface area contributed by atoms with Crippen molar-refractivity contribution in [3.63, 3.8) is 0 Å². The summed E-state index contributed by atoms with van der Waals surface area (Å²) in [5.74, 6) is -0.0540. The fourth-order valence-corrected chi connectivity index (χ4v) is 9.28. The molecular weight excluding hydrogens is 803 g/mol. The van der Waals surface area contributed by atoms with E-state index in [0.717, 1.165) is 38.5 Å². The van der Waals surface area contributed by atoms with E-state index in [1.54, 1.807) is 6.08 Å². The number of carbonyl (C=O) groups is 2. The molecule has 0 saturated heterocycles. The quantitative estimate of drug-likeness (QED) is 0.0321. The summed E-state index contributed by atoms with van der Waals surface area (Å²) in [6.45, 7) is 4.90. The Hall–Kier alpha value is -1.40. The molecule has 2 unspecified atom stereocenters. The van der Waals surface area contributed by atoms with Crippen LogP contribution in [0.4, 0.5) is 0 Å². The normalized spacial score (nSPS) is 12.6. The molecule has 0 aromatic carbocycles. The smallest absolute Gasteiger partial charge is 0.305 e. The van der Waals surface area contributed by atoms with E-state index in [4.69, 9.17) is 4.74 Å². The summed E-state index contributed by atoms with van der Waals surface area (Å²) in [6.07, 6.45) is 65.3. The minimum absolute atomic E-state index is 0.0156. The highest BCUT2D eigenvalue weighted by Crippen LogP contribution is 2.18. The van der Waals surface area contributed by atoms with E-state index >= 15 is 0 Å². The highest BCUT2D eigenvalue weighted by molar-refractivity contribution is 5.76. The van der Waals surface area contributed by atoms with E-state index in [0.29, 0.717) is 19.4 Å². The Balaban J connectivity index is 3.35. The average molecular weight is 919 g/mol. The highest BCUT2D eigenvalue weighted by Gasteiger charge is 2.18. The topological polar surface area (TPSA) is 95.9 Å². The number of unbranched alkanes of at least 4 members (excludes halogenated alkanes) is 44. The molecule has 6 nitrogen and oxygen atoms in total. The van der Waals surface area contributed by atoms with Crippen molar-refractivity contribution >= 4 is 11.9 Å². The molecule has 0 aliphatic carbocycles. The number of nitrogens with one attached hydrogen (secondary N) is 1. The number of ether oxygens (including phenoxy) is 1. The molecule has 0 fully saturated rings. The van der Waals surface area contributed by atoms with Crippen molar-refractivity contribution in [2.75, 3.05) is 13.2 Å². The van der Waals surface area contributed by atoms with Crippen molar-refractivity contribution in [1.82, 2.24) is 5.32 Å². The minimum atomic E-state index is -0.842. The molecular formula is C59H115NO5. The van der Waals surface area contributed by atoms with Crippen LogP contribution in [0.5, 0.6) is 0 Å². The maximum absolute atomic E-state index is 12.4. The molecule has 0 aromatic heterocycles. The van der Waals surface area contributed by atoms with Gasteiger partial charge in [0.25, 0.3) is 0 Å². The van der Waals surface area contributed by atoms with Gasteiger partial charge in [0, 0.05) is 12.8 Å². The van der Waals surface area contributed by atoms with Gasteiger partial charge in [0.15, 0.2) is 0 Å². The molecule has 0 spiro atoms. The van der Waals surface area contributed by atoms with Gasteiger partial charge in [-0.1, -0.05) is 296 Å². The molecule has 0 radical (unpaired) electrons. The summed E-state index contributed by atoms with van der Waals surface area (Å²) in [6, 6.07) is -0.626. The Morgan fingerprint density at radius 3 is 1.05 bits per heavy atom. The number of esters is 1. The molecule has 0 saturated carbocycles. The Bertz CT molecular complexity index is 970. The molecule has 386 valence electrons. The molecule has 0 aliphatic rings. The van der Waals surface area contributed by atoms with Gasteiger partial charge >= 0.3 is 5.97 Å². The van der Waals surface area contributed by atoms with E-state index in [1.807, 2.05) is 6.08 Å². The van der Waals surface area contributed by atoms with Crippen LogP contribution < -0.4 is 5.32 Å². The zero-order valence-corrected chi connectivity index (χ0v) is 44.0. The van der Waals surface area contributed by atoms with Gasteiger partial charge in [-0.2, -0.15) is 0 Å². The zero-order chi connectivity index (χ0) is 47.2. The lowest BCUT2D eigenvalue weighted by atomic mass is 10.0. The standard InChI is InChI=1S/C59H115NO5/c1-3-5-7-9-11-13-15-16-17-23-27-30-33-37-41-45-49-53-59(64)65-54-50-46-42-38-34-31-28-25-22-20-18-19-21-24-26-29-32-36-40-44-48-52-58(63)60-56(55-61)57(62)51-47-43-39-35-14-12-10-8-6-4-2/h47,51,56-57,61-62H,3-46,48-50,52-55H2,1-2H3,(H,60,63)/b51-47+. The van der Waals surface area contributed by atoms with Gasteiger partial charge in [-0.15, -0.1) is 0 Å². The average Bonchev–Trinajstić information content (AvgIpc) is 3.31. The zero-order valence-electron chi connectivity index (χ0n) is 44.0. The fraction of sp³-hybridized carbons (Fsp3) is 0.932. The lowest BCUT2D eigenvalue weighted by Gasteiger charge is -2.20. The van der Waals surface area contributed by atoms with Crippen LogP contribution in [0.15, 0.2) is 12.2 Å². The second-order valence-corrected chi connectivity index (χ2v) is 20.3. The highest BCUT2D eigenvalue weighted by atomic mass is 16.5. The first-order chi connectivity index (χ1) is 32.0. The van der Waals surface area contributed by atoms with Crippen LogP contribution in [0.25, 0.3) is 0 Å². The number of hydrogen-bond donors (Lipinski definition) is 3. The van der Waals surface area contributed by atoms with Crippen LogP contribution in [0.3, 0.4) is 0 Å². The Morgan fingerprint density at radius 1 is 0.415 bits per heavy atom. The molecule has 2 atom stereocenters. The maximum atomic E-state index is 12.4. The van der Waals surface area contributed by atoms with Gasteiger partial charge in [-0.25, -0.2) is 0 Å². The van der Waals surface area contributed by atoms with Gasteiger partial charge in [-0.05, 0) is 32.1 Å². The number of aliphatic hydroxyl groups excluding tert-OH is 2. The molecule has 6 heteroatoms. The lowest BCUT2D eigenvalue weighted by molar-refractivity contribution is -0.143. The monoisotopic (exact) mass is 918 g/mol. The summed E-state index contributed by atoms with van der Waals surface area (Å²) in [4.78, 5) is 24.5. The van der Waals surface area contributed by atoms with E-state index in [-0.39, 0.29) is 18.5 Å². The van der Waals surface area contributed by atoms with Gasteiger partial charge in [0.05, 0.1) is 25.4 Å². The van der Waals surface area contributed by atoms with E-state index in [9.17, 15) is 19.8 Å². The second-order valence-electron chi connectivity index (χ2n) is 20.3. The molecule has 3 N–H and O–H groups in total. The van der Waals surface area contributed by atoms with E-state index in [2.05, 4.69) is 19.2 Å². The lowest BCUT2D eigenvalue weighted by Crippen LogP contribution is -2.45. The third-order valence-electron chi connectivity index (χ3n) is 13.8. The third-order valence-corrected chi connectivity index (χ3v) is 13.8. The molecule has 0 heterocycles. The van der Waals surface area contributed by atoms with Gasteiger partial charge in [0.2, 0.25) is 5.91 Å². The minimum Gasteiger partial charge on any atom is -0.466 e. The Morgan fingerprint density at radius 2 is 0.708 bits per heavy atom. The summed E-state index contributed by atoms with van der Waals surface area (Å²) in [7, 11) is 0. The molecule has 0 aromatic rings. The number of amides is 1. The van der Waals surface area contributed by atoms with Crippen molar-refractivity contribution < 1.29 is 24.5 Å². The van der Waals surface area contributed by atoms with Crippen molar-refractivity contribution in [2.45, 2.75) is 341 Å². The van der Waals surface area contributed by atoms with Gasteiger partial charge in [0.1, 0.15) is 0 Å². The first-order valence-electron chi connectivity index (χ1n) is 29.5. The number of hydrogen-bond acceptors (Lipinski definition) is 5. The summed E-state index contributed by atoms with van der Waals surface area (Å²) < 4.78 is 5.49. The number of carbonyl (C=O) groups excluding carboxylic acids is 2. The van der Waals surface area contributed by atoms with Crippen molar-refractivity contribution in [3.05, 3.63) is 12.2 Å². The van der Waals surface area contributed by atoms with Crippen molar-refractivity contribution in [2.24, 2.45) is 0 Å². The predicted molar refractivity (Wildman–Crippen MR) is 283 cm³/mol. The largest absolute Gasteiger partial charge is 0.466 e. The maximum Gasteiger partial charge on any atom is 0.305 e. The van der Waals surface area contributed by atoms with Crippen LogP contribution >= 0.6 is 0 Å². The van der Waals surface area contributed by atoms with Crippen molar-refractivity contribution in [1.29, 1.82) is 0 Å². The summed E-state index contributed by atoms with van der Waals surface area (Å²) in [5, 5.41) is 23.0. The SMILES string of the molecule is CCCCCCCCCC/C=C/C(O)C(CO)NC(=O)CCCCCCCCCCCCCCCCCCCCCCCOC(=O)CCCCCCCCCCCCCCCCCCC. The molecule has 0 bridgehead atoms. The first-order valence-corrected chi connectivity index (χ1v) is 29.5. The van der Waals surface area contributed by atoms with E-state index < -0.39 is 12.1 Å². The van der Waals surface area contributed by atoms with Gasteiger partial charge in [-0.3, -0.25) is 9.59 Å². The van der Waals surface area contributed by atoms with Crippen molar-refractivity contribution in [3.8, 4) is 0 Å². The molecule has 65 heavy (non-hydrogen) atoms. The Labute approximate surface area is 406 Å². The second kappa shape index (κ2) is 55.2. The van der Waals surface area contributed by atoms with Crippen LogP contribution in [0.1, 0.15) is 328 Å². The molecule has 0 rings (SSSR count). The molecule has 0 aliphatic heterocycles. The number of aliphatic hydroxyl groups is 2. The Kier molecular flexibility index (Phi) is 54.0. The van der Waals surface area contributed by atoms with Crippen LogP contribution in [-0.2, 0) is 14.3 Å². The number of allylic oxidation sites excluding steroid dienone is 1.